The van der Waals surface area contributed by atoms with Crippen LogP contribution in [-0.4, -0.2) is 59.9 Å². The minimum absolute atomic E-state index is 0.0130. The molecule has 0 aromatic carbocycles. The Morgan fingerprint density at radius 3 is 2.92 bits per heavy atom. The van der Waals surface area contributed by atoms with E-state index in [1.54, 1.807) is 6.92 Å². The van der Waals surface area contributed by atoms with Gasteiger partial charge in [0.25, 0.3) is 10.0 Å². The summed E-state index contributed by atoms with van der Waals surface area (Å²) in [7, 11) is -4.22. The molecule has 0 saturated carbocycles. The molecule has 1 fully saturated rings. The second-order valence-electron chi connectivity index (χ2n) is 6.16. The van der Waals surface area contributed by atoms with Gasteiger partial charge in [-0.15, -0.1) is 11.3 Å². The number of nitrogens with one attached hydrogen (secondary N) is 1. The lowest BCUT2D eigenvalue weighted by Crippen LogP contribution is -2.51. The van der Waals surface area contributed by atoms with E-state index in [-0.39, 0.29) is 17.3 Å². The second kappa shape index (κ2) is 8.89. The first-order valence-electron chi connectivity index (χ1n) is 8.24. The topological polar surface area (TPSA) is 143 Å². The third kappa shape index (κ3) is 4.78. The van der Waals surface area contributed by atoms with Gasteiger partial charge in [-0.25, -0.2) is 9.29 Å². The molecule has 1 aromatic heterocycles. The number of hydrogen-bond acceptors (Lipinski definition) is 8. The van der Waals surface area contributed by atoms with Crippen LogP contribution in [0.5, 0.6) is 0 Å². The molecular formula is C15H23N4O5S2. The van der Waals surface area contributed by atoms with Crippen molar-refractivity contribution in [3.63, 3.8) is 0 Å². The number of aliphatic hydroxyl groups excluding tert-OH is 1. The molecule has 4 N–H and O–H groups in total. The summed E-state index contributed by atoms with van der Waals surface area (Å²) in [4.78, 5) is 27.7. The molecule has 0 aliphatic carbocycles. The fourth-order valence-corrected chi connectivity index (χ4v) is 5.18. The van der Waals surface area contributed by atoms with Gasteiger partial charge >= 0.3 is 0 Å². The standard InChI is InChI=1S/C15H23N4O5S2/c1-10(14(16)22)4-5-13(21)19(11-3-2-6-17-9-12(11)20)26(23,24)15-18-7-8-25-15/h5,7-8,10-12,17,20H,2-4,6,9H2,1H3,(H2,16,22)/t10?,11?,12-/m0/s1. The van der Waals surface area contributed by atoms with Crippen LogP contribution in [0.15, 0.2) is 15.9 Å². The lowest BCUT2D eigenvalue weighted by atomic mass is 10.0. The van der Waals surface area contributed by atoms with Crippen molar-refractivity contribution in [3.8, 4) is 0 Å². The first-order valence-corrected chi connectivity index (χ1v) is 10.6. The largest absolute Gasteiger partial charge is 0.390 e. The Hall–Kier alpha value is -1.56. The van der Waals surface area contributed by atoms with Gasteiger partial charge in [0.2, 0.25) is 16.2 Å². The molecule has 2 amide bonds. The summed E-state index contributed by atoms with van der Waals surface area (Å²) in [5.74, 6) is -1.98. The normalized spacial score (nSPS) is 22.4. The van der Waals surface area contributed by atoms with Crippen molar-refractivity contribution < 1.29 is 23.1 Å². The maximum absolute atomic E-state index is 13.0. The molecule has 2 rings (SSSR count). The number of nitrogens with zero attached hydrogens (tertiary/aromatic N) is 2. The van der Waals surface area contributed by atoms with Crippen LogP contribution < -0.4 is 11.1 Å². The maximum Gasteiger partial charge on any atom is 0.294 e. The Balaban J connectivity index is 2.32. The molecule has 1 radical (unpaired) electrons. The molecule has 11 heteroatoms. The van der Waals surface area contributed by atoms with Gasteiger partial charge < -0.3 is 16.2 Å². The van der Waals surface area contributed by atoms with E-state index in [4.69, 9.17) is 5.73 Å². The highest BCUT2D eigenvalue weighted by atomic mass is 32.2. The quantitative estimate of drug-likeness (QED) is 0.556. The first kappa shape index (κ1) is 20.7. The highest BCUT2D eigenvalue weighted by molar-refractivity contribution is 7.91. The number of aliphatic hydroxyl groups is 1. The van der Waals surface area contributed by atoms with Crippen molar-refractivity contribution in [1.29, 1.82) is 0 Å². The third-order valence-electron chi connectivity index (χ3n) is 4.19. The summed E-state index contributed by atoms with van der Waals surface area (Å²) in [5, 5.41) is 14.9. The number of primary amides is 1. The van der Waals surface area contributed by atoms with Crippen molar-refractivity contribution >= 4 is 33.2 Å². The number of sulfonamides is 1. The Morgan fingerprint density at radius 2 is 2.31 bits per heavy atom. The number of rotatable bonds is 7. The van der Waals surface area contributed by atoms with Crippen molar-refractivity contribution in [2.24, 2.45) is 11.7 Å². The van der Waals surface area contributed by atoms with Crippen molar-refractivity contribution in [2.45, 2.75) is 42.7 Å². The molecule has 9 nitrogen and oxygen atoms in total. The number of nitrogens with two attached hydrogens (primary N) is 1. The molecule has 1 saturated heterocycles. The van der Waals surface area contributed by atoms with Gasteiger partial charge in [-0.05, 0) is 25.8 Å². The summed E-state index contributed by atoms with van der Waals surface area (Å²) in [6, 6.07) is -0.911. The Morgan fingerprint density at radius 1 is 1.58 bits per heavy atom. The van der Waals surface area contributed by atoms with Crippen LogP contribution in [0.4, 0.5) is 0 Å². The molecule has 2 unspecified atom stereocenters. The predicted molar refractivity (Wildman–Crippen MR) is 95.3 cm³/mol. The van der Waals surface area contributed by atoms with E-state index >= 15 is 0 Å². The number of hydrogen-bond donors (Lipinski definition) is 3. The summed E-state index contributed by atoms with van der Waals surface area (Å²) in [5.41, 5.74) is 5.19. The lowest BCUT2D eigenvalue weighted by molar-refractivity contribution is -0.126. The molecule has 1 aromatic rings. The molecule has 3 atom stereocenters. The van der Waals surface area contributed by atoms with Crippen LogP contribution in [0.2, 0.25) is 0 Å². The third-order valence-corrected chi connectivity index (χ3v) is 7.19. The van der Waals surface area contributed by atoms with Crippen LogP contribution in [0.25, 0.3) is 0 Å². The summed E-state index contributed by atoms with van der Waals surface area (Å²) < 4.78 is 26.5. The van der Waals surface area contributed by atoms with Gasteiger partial charge in [0.15, 0.2) is 0 Å². The zero-order valence-corrected chi connectivity index (χ0v) is 16.0. The number of carbonyl (C=O) groups is 2. The van der Waals surface area contributed by atoms with Crippen LogP contribution in [-0.2, 0) is 19.6 Å². The van der Waals surface area contributed by atoms with Gasteiger partial charge in [0.05, 0.1) is 18.6 Å². The Kier molecular flexibility index (Phi) is 7.09. The molecule has 1 aliphatic rings. The molecule has 1 aliphatic heterocycles. The highest BCUT2D eigenvalue weighted by Crippen LogP contribution is 2.26. The minimum atomic E-state index is -4.22. The zero-order valence-electron chi connectivity index (χ0n) is 14.4. The van der Waals surface area contributed by atoms with Crippen LogP contribution >= 0.6 is 11.3 Å². The monoisotopic (exact) mass is 403 g/mol. The van der Waals surface area contributed by atoms with E-state index < -0.39 is 39.9 Å². The van der Waals surface area contributed by atoms with E-state index in [0.717, 1.165) is 17.8 Å². The summed E-state index contributed by atoms with van der Waals surface area (Å²) in [6.45, 7) is 2.35. The minimum Gasteiger partial charge on any atom is -0.390 e. The summed E-state index contributed by atoms with van der Waals surface area (Å²) >= 11 is 0.897. The molecule has 145 valence electrons. The van der Waals surface area contributed by atoms with Crippen LogP contribution in [0, 0.1) is 12.3 Å². The number of β-amino-alcohol motifs (C(OH)–C–C–N with tert-alkyl or cyclic N) is 1. The lowest BCUT2D eigenvalue weighted by Gasteiger charge is -2.32. The second-order valence-corrected chi connectivity index (χ2v) is 9.04. The van der Waals surface area contributed by atoms with Gasteiger partial charge in [-0.1, -0.05) is 6.92 Å². The maximum atomic E-state index is 13.0. The van der Waals surface area contributed by atoms with E-state index in [0.29, 0.717) is 23.7 Å². The predicted octanol–water partition coefficient (Wildman–Crippen LogP) is -0.511. The first-order chi connectivity index (χ1) is 12.2. The number of amides is 2. The van der Waals surface area contributed by atoms with Crippen molar-refractivity contribution in [2.75, 3.05) is 13.1 Å². The highest BCUT2D eigenvalue weighted by Gasteiger charge is 2.40. The SMILES string of the molecule is CC(C[CH]C(=O)N(C1CCCNC[C@@H]1O)S(=O)(=O)c1nccs1)C(N)=O. The van der Waals surface area contributed by atoms with Gasteiger partial charge in [0, 0.05) is 24.0 Å². The average Bonchev–Trinajstić information content (AvgIpc) is 3.05. The van der Waals surface area contributed by atoms with Crippen LogP contribution in [0.3, 0.4) is 0 Å². The van der Waals surface area contributed by atoms with E-state index in [1.807, 2.05) is 0 Å². The zero-order chi connectivity index (χ0) is 19.3. The van der Waals surface area contributed by atoms with E-state index in [2.05, 4.69) is 10.3 Å². The van der Waals surface area contributed by atoms with Gasteiger partial charge in [-0.3, -0.25) is 9.59 Å². The molecule has 0 spiro atoms. The van der Waals surface area contributed by atoms with Crippen molar-refractivity contribution in [1.82, 2.24) is 14.6 Å². The number of thiazole rings is 1. The Bertz CT molecular complexity index is 722. The molecule has 0 bridgehead atoms. The fraction of sp³-hybridized carbons (Fsp3) is 0.600. The van der Waals surface area contributed by atoms with Gasteiger partial charge in [-0.2, -0.15) is 8.42 Å². The van der Waals surface area contributed by atoms with Gasteiger partial charge in [0.1, 0.15) is 0 Å². The average molecular weight is 404 g/mol. The smallest absolute Gasteiger partial charge is 0.294 e. The van der Waals surface area contributed by atoms with Crippen LogP contribution in [0.1, 0.15) is 26.2 Å². The van der Waals surface area contributed by atoms with Crippen molar-refractivity contribution in [3.05, 3.63) is 18.0 Å². The van der Waals surface area contributed by atoms with E-state index in [1.165, 1.54) is 11.6 Å². The molecule has 26 heavy (non-hydrogen) atoms. The summed E-state index contributed by atoms with van der Waals surface area (Å²) in [6.07, 6.45) is 2.37. The number of aromatic nitrogens is 1. The number of carbonyl (C=O) groups excluding carboxylic acids is 2. The molecule has 2 heterocycles. The fourth-order valence-electron chi connectivity index (χ4n) is 2.65. The Labute approximate surface area is 156 Å². The molecular weight excluding hydrogens is 380 g/mol. The van der Waals surface area contributed by atoms with E-state index in [9.17, 15) is 23.1 Å².